The predicted molar refractivity (Wildman–Crippen MR) is 78.2 cm³/mol. The summed E-state index contributed by atoms with van der Waals surface area (Å²) in [7, 11) is 0. The van der Waals surface area contributed by atoms with Crippen molar-refractivity contribution in [2.75, 3.05) is 12.0 Å². The van der Waals surface area contributed by atoms with Crippen LogP contribution in [0.4, 0.5) is 0 Å². The molecule has 0 aliphatic rings. The number of aromatic amines is 1. The van der Waals surface area contributed by atoms with Gasteiger partial charge in [0.05, 0.1) is 6.10 Å². The first-order valence-electron chi connectivity index (χ1n) is 5.76. The van der Waals surface area contributed by atoms with E-state index in [1.165, 1.54) is 0 Å². The molecule has 1 atom stereocenters. The van der Waals surface area contributed by atoms with Crippen LogP contribution in [0.15, 0.2) is 18.2 Å². The van der Waals surface area contributed by atoms with Crippen LogP contribution in [0.5, 0.6) is 0 Å². The molecule has 1 aromatic carbocycles. The van der Waals surface area contributed by atoms with Crippen molar-refractivity contribution in [3.05, 3.63) is 34.5 Å². The molecule has 1 aromatic heterocycles. The first-order chi connectivity index (χ1) is 9.04. The van der Waals surface area contributed by atoms with Gasteiger partial charge in [0, 0.05) is 21.5 Å². The van der Waals surface area contributed by atoms with Crippen LogP contribution in [0, 0.1) is 0 Å². The van der Waals surface area contributed by atoms with E-state index in [-0.39, 0.29) is 5.69 Å². The molecule has 0 aliphatic heterocycles. The van der Waals surface area contributed by atoms with Crippen LogP contribution in [0.25, 0.3) is 10.9 Å². The number of carboxylic acids is 1. The molecule has 2 aromatic rings. The largest absolute Gasteiger partial charge is 0.477 e. The Kier molecular flexibility index (Phi) is 4.39. The third-order valence-electron chi connectivity index (χ3n) is 2.94. The molecule has 2 rings (SSSR count). The SMILES string of the molecule is CSCCC(O)c1c(C(=O)O)[nH]c2cc(Cl)ccc12. The monoisotopic (exact) mass is 299 g/mol. The molecule has 0 saturated carbocycles. The lowest BCUT2D eigenvalue weighted by molar-refractivity contribution is 0.0683. The molecule has 1 unspecified atom stereocenters. The normalized spacial score (nSPS) is 12.8. The number of hydrogen-bond acceptors (Lipinski definition) is 3. The molecular weight excluding hydrogens is 286 g/mol. The van der Waals surface area contributed by atoms with Crippen LogP contribution in [0.2, 0.25) is 5.02 Å². The van der Waals surface area contributed by atoms with Gasteiger partial charge in [0.15, 0.2) is 0 Å². The van der Waals surface area contributed by atoms with E-state index >= 15 is 0 Å². The van der Waals surface area contributed by atoms with E-state index in [9.17, 15) is 15.0 Å². The Hall–Kier alpha value is -1.17. The Bertz CT molecular complexity index is 611. The number of thioether (sulfide) groups is 1. The van der Waals surface area contributed by atoms with Crippen molar-refractivity contribution in [3.63, 3.8) is 0 Å². The lowest BCUT2D eigenvalue weighted by Crippen LogP contribution is -2.06. The number of fused-ring (bicyclic) bond motifs is 1. The topological polar surface area (TPSA) is 73.3 Å². The predicted octanol–water partition coefficient (Wildman–Crippen LogP) is 3.31. The lowest BCUT2D eigenvalue weighted by Gasteiger charge is -2.10. The maximum atomic E-state index is 11.3. The summed E-state index contributed by atoms with van der Waals surface area (Å²) < 4.78 is 0. The highest BCUT2D eigenvalue weighted by atomic mass is 35.5. The van der Waals surface area contributed by atoms with Gasteiger partial charge in [0.1, 0.15) is 5.69 Å². The highest BCUT2D eigenvalue weighted by Crippen LogP contribution is 2.32. The minimum absolute atomic E-state index is 0.0332. The van der Waals surface area contributed by atoms with Crippen molar-refractivity contribution in [3.8, 4) is 0 Å². The van der Waals surface area contributed by atoms with Gasteiger partial charge in [-0.2, -0.15) is 11.8 Å². The average molecular weight is 300 g/mol. The summed E-state index contributed by atoms with van der Waals surface area (Å²) in [6.45, 7) is 0. The van der Waals surface area contributed by atoms with Crippen LogP contribution in [-0.4, -0.2) is 33.2 Å². The van der Waals surface area contributed by atoms with Crippen LogP contribution < -0.4 is 0 Å². The highest BCUT2D eigenvalue weighted by molar-refractivity contribution is 7.98. The Labute approximate surface area is 119 Å². The molecule has 0 aliphatic carbocycles. The first kappa shape index (κ1) is 14.2. The second-order valence-electron chi connectivity index (χ2n) is 4.21. The van der Waals surface area contributed by atoms with Crippen molar-refractivity contribution in [1.82, 2.24) is 4.98 Å². The van der Waals surface area contributed by atoms with E-state index in [1.807, 2.05) is 6.26 Å². The fraction of sp³-hybridized carbons (Fsp3) is 0.308. The average Bonchev–Trinajstić information content (AvgIpc) is 2.74. The summed E-state index contributed by atoms with van der Waals surface area (Å²) in [5.41, 5.74) is 1.10. The zero-order valence-corrected chi connectivity index (χ0v) is 11.9. The zero-order chi connectivity index (χ0) is 14.0. The lowest BCUT2D eigenvalue weighted by atomic mass is 10.0. The summed E-state index contributed by atoms with van der Waals surface area (Å²) in [6.07, 6.45) is 1.66. The van der Waals surface area contributed by atoms with Gasteiger partial charge in [-0.25, -0.2) is 4.79 Å². The van der Waals surface area contributed by atoms with E-state index in [1.54, 1.807) is 30.0 Å². The Morgan fingerprint density at radius 3 is 2.89 bits per heavy atom. The van der Waals surface area contributed by atoms with Gasteiger partial charge in [-0.05, 0) is 30.6 Å². The quantitative estimate of drug-likeness (QED) is 0.792. The second-order valence-corrected chi connectivity index (χ2v) is 5.63. The number of aromatic nitrogens is 1. The molecular formula is C13H14ClNO3S. The third-order valence-corrected chi connectivity index (χ3v) is 3.82. The zero-order valence-electron chi connectivity index (χ0n) is 10.3. The molecule has 0 spiro atoms. The van der Waals surface area contributed by atoms with Crippen molar-refractivity contribution in [1.29, 1.82) is 0 Å². The molecule has 102 valence electrons. The number of H-pyrrole nitrogens is 1. The molecule has 0 amide bonds. The standard InChI is InChI=1S/C13H14ClNO3S/c1-19-5-4-10(16)11-8-3-2-7(14)6-9(8)15-12(11)13(17)18/h2-3,6,10,15-16H,4-5H2,1H3,(H,17,18). The van der Waals surface area contributed by atoms with E-state index in [0.29, 0.717) is 27.9 Å². The van der Waals surface area contributed by atoms with Gasteiger partial charge in [0.25, 0.3) is 0 Å². The summed E-state index contributed by atoms with van der Waals surface area (Å²) >= 11 is 7.50. The number of benzene rings is 1. The van der Waals surface area contributed by atoms with Gasteiger partial charge in [-0.3, -0.25) is 0 Å². The fourth-order valence-corrected chi connectivity index (χ4v) is 2.71. The Morgan fingerprint density at radius 2 is 2.26 bits per heavy atom. The van der Waals surface area contributed by atoms with Gasteiger partial charge in [0.2, 0.25) is 0 Å². The minimum atomic E-state index is -1.08. The summed E-state index contributed by atoms with van der Waals surface area (Å²) in [6, 6.07) is 5.08. The number of hydrogen-bond donors (Lipinski definition) is 3. The molecule has 6 heteroatoms. The molecule has 1 heterocycles. The molecule has 4 nitrogen and oxygen atoms in total. The summed E-state index contributed by atoms with van der Waals surface area (Å²) in [5.74, 6) is -0.314. The first-order valence-corrected chi connectivity index (χ1v) is 7.53. The minimum Gasteiger partial charge on any atom is -0.477 e. The van der Waals surface area contributed by atoms with E-state index in [4.69, 9.17) is 11.6 Å². The van der Waals surface area contributed by atoms with Gasteiger partial charge in [-0.15, -0.1) is 0 Å². The Morgan fingerprint density at radius 1 is 1.53 bits per heavy atom. The number of halogens is 1. The third kappa shape index (κ3) is 2.88. The number of carbonyl (C=O) groups is 1. The highest BCUT2D eigenvalue weighted by Gasteiger charge is 2.22. The molecule has 0 radical (unpaired) electrons. The number of rotatable bonds is 5. The van der Waals surface area contributed by atoms with Gasteiger partial charge < -0.3 is 15.2 Å². The molecule has 0 fully saturated rings. The van der Waals surface area contributed by atoms with Crippen LogP contribution in [0.1, 0.15) is 28.6 Å². The molecule has 3 N–H and O–H groups in total. The number of aliphatic hydroxyl groups is 1. The number of aliphatic hydroxyl groups excluding tert-OH is 1. The second kappa shape index (κ2) is 5.86. The molecule has 19 heavy (non-hydrogen) atoms. The number of aromatic carboxylic acids is 1. The maximum Gasteiger partial charge on any atom is 0.352 e. The number of nitrogens with one attached hydrogen (secondary N) is 1. The number of carboxylic acid groups (broad SMARTS) is 1. The van der Waals surface area contributed by atoms with Crippen LogP contribution in [-0.2, 0) is 0 Å². The smallest absolute Gasteiger partial charge is 0.352 e. The summed E-state index contributed by atoms with van der Waals surface area (Å²) in [5, 5.41) is 20.7. The Balaban J connectivity index is 2.55. The fourth-order valence-electron chi connectivity index (χ4n) is 2.08. The molecule has 0 bridgehead atoms. The molecule has 0 saturated heterocycles. The summed E-state index contributed by atoms with van der Waals surface area (Å²) in [4.78, 5) is 14.1. The van der Waals surface area contributed by atoms with Crippen molar-refractivity contribution in [2.45, 2.75) is 12.5 Å². The van der Waals surface area contributed by atoms with Crippen LogP contribution >= 0.6 is 23.4 Å². The van der Waals surface area contributed by atoms with Crippen molar-refractivity contribution >= 4 is 40.2 Å². The van der Waals surface area contributed by atoms with Crippen molar-refractivity contribution in [2.24, 2.45) is 0 Å². The van der Waals surface area contributed by atoms with Gasteiger partial charge >= 0.3 is 5.97 Å². The van der Waals surface area contributed by atoms with E-state index in [0.717, 1.165) is 5.75 Å². The van der Waals surface area contributed by atoms with E-state index in [2.05, 4.69) is 4.98 Å². The van der Waals surface area contributed by atoms with Crippen molar-refractivity contribution < 1.29 is 15.0 Å². The van der Waals surface area contributed by atoms with Crippen LogP contribution in [0.3, 0.4) is 0 Å². The maximum absolute atomic E-state index is 11.3. The van der Waals surface area contributed by atoms with Gasteiger partial charge in [-0.1, -0.05) is 17.7 Å². The van der Waals surface area contributed by atoms with E-state index < -0.39 is 12.1 Å².